The van der Waals surface area contributed by atoms with Crippen LogP contribution in [0.1, 0.15) is 11.6 Å². The molecule has 0 unspecified atom stereocenters. The monoisotopic (exact) mass is 188 g/mol. The van der Waals surface area contributed by atoms with Gasteiger partial charge in [0.25, 0.3) is 0 Å². The molecule has 0 saturated carbocycles. The lowest BCUT2D eigenvalue weighted by molar-refractivity contribution is 0.584. The zero-order valence-electron chi connectivity index (χ0n) is 6.43. The van der Waals surface area contributed by atoms with Crippen molar-refractivity contribution in [2.24, 2.45) is 11.5 Å². The van der Waals surface area contributed by atoms with Crippen LogP contribution < -0.4 is 11.5 Å². The largest absolute Gasteiger partial charge is 0.329 e. The fourth-order valence-corrected chi connectivity index (χ4v) is 1.12. The molecule has 0 aliphatic carbocycles. The molecule has 1 aromatic rings. The molecular formula is C8H10ClFN2. The molecule has 0 fully saturated rings. The first-order chi connectivity index (χ1) is 5.66. The van der Waals surface area contributed by atoms with Crippen LogP contribution in [0.2, 0.25) is 5.02 Å². The van der Waals surface area contributed by atoms with E-state index in [-0.39, 0.29) is 11.6 Å². The van der Waals surface area contributed by atoms with E-state index in [9.17, 15) is 4.39 Å². The second kappa shape index (κ2) is 3.85. The molecule has 0 aliphatic rings. The third-order valence-corrected chi connectivity index (χ3v) is 1.93. The van der Waals surface area contributed by atoms with Crippen LogP contribution in [-0.2, 0) is 0 Å². The maximum absolute atomic E-state index is 13.2. The lowest BCUT2D eigenvalue weighted by atomic mass is 10.1. The van der Waals surface area contributed by atoms with E-state index in [1.165, 1.54) is 6.07 Å². The summed E-state index contributed by atoms with van der Waals surface area (Å²) in [5.41, 5.74) is 11.2. The molecule has 0 aliphatic heterocycles. The second-order valence-electron chi connectivity index (χ2n) is 2.49. The molecule has 0 aromatic heterocycles. The average Bonchev–Trinajstić information content (AvgIpc) is 2.08. The Morgan fingerprint density at radius 1 is 1.50 bits per heavy atom. The zero-order chi connectivity index (χ0) is 9.14. The fourth-order valence-electron chi connectivity index (χ4n) is 0.934. The lowest BCUT2D eigenvalue weighted by Gasteiger charge is -2.10. The van der Waals surface area contributed by atoms with E-state index < -0.39 is 11.9 Å². The van der Waals surface area contributed by atoms with E-state index in [1.54, 1.807) is 12.1 Å². The maximum atomic E-state index is 13.2. The molecule has 66 valence electrons. The number of halogens is 2. The van der Waals surface area contributed by atoms with Crippen molar-refractivity contribution in [1.82, 2.24) is 0 Å². The molecule has 1 atom stereocenters. The molecule has 0 bridgehead atoms. The van der Waals surface area contributed by atoms with Crippen LogP contribution in [0.5, 0.6) is 0 Å². The average molecular weight is 189 g/mol. The van der Waals surface area contributed by atoms with Gasteiger partial charge in [0, 0.05) is 18.2 Å². The van der Waals surface area contributed by atoms with E-state index in [1.807, 2.05) is 0 Å². The van der Waals surface area contributed by atoms with Gasteiger partial charge in [0.1, 0.15) is 5.82 Å². The van der Waals surface area contributed by atoms with Gasteiger partial charge in [-0.15, -0.1) is 0 Å². The van der Waals surface area contributed by atoms with Crippen molar-refractivity contribution in [3.8, 4) is 0 Å². The number of rotatable bonds is 2. The summed E-state index contributed by atoms with van der Waals surface area (Å²) in [6, 6.07) is 4.22. The van der Waals surface area contributed by atoms with Crippen LogP contribution in [0, 0.1) is 5.82 Å². The number of hydrogen-bond acceptors (Lipinski definition) is 2. The van der Waals surface area contributed by atoms with Gasteiger partial charge in [0.05, 0.1) is 5.02 Å². The fraction of sp³-hybridized carbons (Fsp3) is 0.250. The highest BCUT2D eigenvalue weighted by molar-refractivity contribution is 6.30. The maximum Gasteiger partial charge on any atom is 0.146 e. The van der Waals surface area contributed by atoms with Crippen molar-refractivity contribution in [1.29, 1.82) is 0 Å². The highest BCUT2D eigenvalue weighted by Crippen LogP contribution is 2.21. The first-order valence-corrected chi connectivity index (χ1v) is 3.94. The Balaban J connectivity index is 3.07. The van der Waals surface area contributed by atoms with Gasteiger partial charge in [0.15, 0.2) is 0 Å². The quantitative estimate of drug-likeness (QED) is 0.738. The Morgan fingerprint density at radius 2 is 2.17 bits per heavy atom. The first-order valence-electron chi connectivity index (χ1n) is 3.56. The van der Waals surface area contributed by atoms with Crippen LogP contribution in [0.25, 0.3) is 0 Å². The van der Waals surface area contributed by atoms with E-state index in [2.05, 4.69) is 0 Å². The molecular weight excluding hydrogens is 179 g/mol. The summed E-state index contributed by atoms with van der Waals surface area (Å²) < 4.78 is 13.2. The minimum absolute atomic E-state index is 0.0800. The molecule has 0 amide bonds. The summed E-state index contributed by atoms with van der Waals surface area (Å²) in [5.74, 6) is -0.475. The van der Waals surface area contributed by atoms with E-state index in [0.29, 0.717) is 5.56 Å². The molecule has 2 nitrogen and oxygen atoms in total. The van der Waals surface area contributed by atoms with Gasteiger partial charge < -0.3 is 11.5 Å². The lowest BCUT2D eigenvalue weighted by Crippen LogP contribution is -2.21. The summed E-state index contributed by atoms with van der Waals surface area (Å²) in [5, 5.41) is 0.0800. The van der Waals surface area contributed by atoms with Gasteiger partial charge in [-0.3, -0.25) is 0 Å². The molecule has 0 spiro atoms. The van der Waals surface area contributed by atoms with Crippen LogP contribution in [0.15, 0.2) is 18.2 Å². The smallest absolute Gasteiger partial charge is 0.146 e. The third-order valence-electron chi connectivity index (χ3n) is 1.63. The summed E-state index contributed by atoms with van der Waals surface area (Å²) in [4.78, 5) is 0. The Bertz CT molecular complexity index is 278. The highest BCUT2D eigenvalue weighted by Gasteiger charge is 2.11. The van der Waals surface area contributed by atoms with E-state index in [4.69, 9.17) is 23.1 Å². The molecule has 1 rings (SSSR count). The van der Waals surface area contributed by atoms with Gasteiger partial charge in [-0.25, -0.2) is 4.39 Å². The third kappa shape index (κ3) is 1.75. The van der Waals surface area contributed by atoms with Crippen LogP contribution >= 0.6 is 11.6 Å². The molecule has 1 aromatic carbocycles. The number of hydrogen-bond donors (Lipinski definition) is 2. The summed E-state index contributed by atoms with van der Waals surface area (Å²) in [7, 11) is 0. The molecule has 12 heavy (non-hydrogen) atoms. The van der Waals surface area contributed by atoms with Crippen molar-refractivity contribution in [2.45, 2.75) is 6.04 Å². The van der Waals surface area contributed by atoms with Crippen molar-refractivity contribution in [2.75, 3.05) is 6.54 Å². The van der Waals surface area contributed by atoms with Gasteiger partial charge in [-0.05, 0) is 6.07 Å². The van der Waals surface area contributed by atoms with Gasteiger partial charge in [-0.2, -0.15) is 0 Å². The van der Waals surface area contributed by atoms with Crippen molar-refractivity contribution in [3.63, 3.8) is 0 Å². The van der Waals surface area contributed by atoms with E-state index in [0.717, 1.165) is 0 Å². The Labute approximate surface area is 75.3 Å². The molecule has 0 saturated heterocycles. The zero-order valence-corrected chi connectivity index (χ0v) is 7.18. The Kier molecular flexibility index (Phi) is 3.03. The van der Waals surface area contributed by atoms with Crippen LogP contribution in [0.3, 0.4) is 0 Å². The summed E-state index contributed by atoms with van der Waals surface area (Å²) >= 11 is 5.54. The van der Waals surface area contributed by atoms with Gasteiger partial charge in [-0.1, -0.05) is 23.7 Å². The summed E-state index contributed by atoms with van der Waals surface area (Å²) in [6.07, 6.45) is 0. The van der Waals surface area contributed by atoms with Gasteiger partial charge >= 0.3 is 0 Å². The minimum atomic E-state index is -0.483. The second-order valence-corrected chi connectivity index (χ2v) is 2.89. The minimum Gasteiger partial charge on any atom is -0.329 e. The molecule has 4 N–H and O–H groups in total. The van der Waals surface area contributed by atoms with E-state index >= 15 is 0 Å². The Morgan fingerprint density at radius 3 is 2.75 bits per heavy atom. The van der Waals surface area contributed by atoms with Gasteiger partial charge in [0.2, 0.25) is 0 Å². The van der Waals surface area contributed by atoms with Crippen LogP contribution in [0.4, 0.5) is 4.39 Å². The predicted octanol–water partition coefficient (Wildman–Crippen LogP) is 1.44. The molecule has 0 heterocycles. The molecule has 4 heteroatoms. The van der Waals surface area contributed by atoms with Crippen molar-refractivity contribution < 1.29 is 4.39 Å². The number of benzene rings is 1. The SMILES string of the molecule is NC[C@H](N)c1cccc(Cl)c1F. The number of nitrogens with two attached hydrogens (primary N) is 2. The molecule has 0 radical (unpaired) electrons. The summed E-state index contributed by atoms with van der Waals surface area (Å²) in [6.45, 7) is 0.206. The van der Waals surface area contributed by atoms with Crippen LogP contribution in [-0.4, -0.2) is 6.54 Å². The topological polar surface area (TPSA) is 52.0 Å². The van der Waals surface area contributed by atoms with Crippen molar-refractivity contribution >= 4 is 11.6 Å². The Hall–Kier alpha value is -0.640. The predicted molar refractivity (Wildman–Crippen MR) is 47.4 cm³/mol. The first kappa shape index (κ1) is 9.45. The highest BCUT2D eigenvalue weighted by atomic mass is 35.5. The standard InChI is InChI=1S/C8H10ClFN2/c9-6-3-1-2-5(8(6)10)7(12)4-11/h1-3,7H,4,11-12H2/t7-/m0/s1. The normalized spacial score (nSPS) is 13.0. The van der Waals surface area contributed by atoms with Crippen molar-refractivity contribution in [3.05, 3.63) is 34.6 Å².